The van der Waals surface area contributed by atoms with Crippen molar-refractivity contribution in [2.24, 2.45) is 0 Å². The molecular weight excluding hydrogens is 218 g/mol. The minimum Gasteiger partial charge on any atom is -0.477 e. The van der Waals surface area contributed by atoms with E-state index in [1.165, 1.54) is 24.5 Å². The molecule has 0 amide bonds. The number of rotatable bonds is 2. The first-order valence-electron chi connectivity index (χ1n) is 5.55. The summed E-state index contributed by atoms with van der Waals surface area (Å²) in [7, 11) is 0. The van der Waals surface area contributed by atoms with Crippen LogP contribution in [0.15, 0.2) is 29.1 Å². The molecule has 0 saturated heterocycles. The lowest BCUT2D eigenvalue weighted by Crippen LogP contribution is -2.16. The second-order valence-electron chi connectivity index (χ2n) is 4.44. The van der Waals surface area contributed by atoms with E-state index in [2.05, 4.69) is 4.98 Å². The molecule has 0 bridgehead atoms. The first-order valence-corrected chi connectivity index (χ1v) is 5.55. The van der Waals surface area contributed by atoms with Crippen LogP contribution in [0.5, 0.6) is 0 Å². The molecule has 4 nitrogen and oxygen atoms in total. The van der Waals surface area contributed by atoms with Crippen molar-refractivity contribution in [2.75, 3.05) is 0 Å². The summed E-state index contributed by atoms with van der Waals surface area (Å²) in [6.45, 7) is 0. The average Bonchev–Trinajstić information content (AvgIpc) is 3.10. The standard InChI is InChI=1S/C13H11NO3/c15-12-10(13(16)17)5-9-4-3-8(7-1-2-7)6-11(9)14-12/h3-7H,1-2H2,(H,14,15)(H,16,17). The number of fused-ring (bicyclic) bond motifs is 1. The molecule has 0 unspecified atom stereocenters. The number of carboxylic acids is 1. The van der Waals surface area contributed by atoms with Gasteiger partial charge in [-0.05, 0) is 41.8 Å². The fourth-order valence-corrected chi connectivity index (χ4v) is 2.05. The second-order valence-corrected chi connectivity index (χ2v) is 4.44. The van der Waals surface area contributed by atoms with Gasteiger partial charge in [0, 0.05) is 5.52 Å². The first kappa shape index (κ1) is 10.1. The lowest BCUT2D eigenvalue weighted by atomic mass is 10.1. The van der Waals surface area contributed by atoms with Gasteiger partial charge in [-0.15, -0.1) is 0 Å². The van der Waals surface area contributed by atoms with E-state index in [4.69, 9.17) is 5.11 Å². The molecule has 0 aliphatic heterocycles. The van der Waals surface area contributed by atoms with Crippen LogP contribution in [0.25, 0.3) is 10.9 Å². The Bertz CT molecular complexity index is 668. The van der Waals surface area contributed by atoms with Gasteiger partial charge in [-0.1, -0.05) is 12.1 Å². The number of aromatic nitrogens is 1. The highest BCUT2D eigenvalue weighted by Crippen LogP contribution is 2.40. The Labute approximate surface area is 96.9 Å². The maximum absolute atomic E-state index is 11.5. The third-order valence-electron chi connectivity index (χ3n) is 3.15. The Kier molecular flexibility index (Phi) is 2.04. The molecule has 0 spiro atoms. The number of nitrogens with one attached hydrogen (secondary N) is 1. The van der Waals surface area contributed by atoms with Gasteiger partial charge in [-0.2, -0.15) is 0 Å². The van der Waals surface area contributed by atoms with E-state index in [0.29, 0.717) is 11.4 Å². The van der Waals surface area contributed by atoms with Crippen LogP contribution < -0.4 is 5.56 Å². The maximum Gasteiger partial charge on any atom is 0.341 e. The summed E-state index contributed by atoms with van der Waals surface area (Å²) < 4.78 is 0. The van der Waals surface area contributed by atoms with Crippen molar-refractivity contribution < 1.29 is 9.90 Å². The fraction of sp³-hybridized carbons (Fsp3) is 0.231. The van der Waals surface area contributed by atoms with Gasteiger partial charge in [0.15, 0.2) is 0 Å². The van der Waals surface area contributed by atoms with Crippen molar-refractivity contribution >= 4 is 16.9 Å². The molecule has 3 rings (SSSR count). The molecule has 1 aromatic carbocycles. The van der Waals surface area contributed by atoms with Crippen LogP contribution in [0.4, 0.5) is 0 Å². The number of carbonyl (C=O) groups is 1. The molecule has 1 aromatic heterocycles. The summed E-state index contributed by atoms with van der Waals surface area (Å²) in [5, 5.41) is 9.61. The summed E-state index contributed by atoms with van der Waals surface area (Å²) in [5.41, 5.74) is 1.18. The summed E-state index contributed by atoms with van der Waals surface area (Å²) in [6.07, 6.45) is 2.39. The Hall–Kier alpha value is -2.10. The highest BCUT2D eigenvalue weighted by atomic mass is 16.4. The highest BCUT2D eigenvalue weighted by Gasteiger charge is 2.23. The van der Waals surface area contributed by atoms with Gasteiger partial charge in [0.25, 0.3) is 5.56 Å². The van der Waals surface area contributed by atoms with Crippen LogP contribution in [0, 0.1) is 0 Å². The number of benzene rings is 1. The number of hydrogen-bond donors (Lipinski definition) is 2. The van der Waals surface area contributed by atoms with Gasteiger partial charge >= 0.3 is 5.97 Å². The smallest absolute Gasteiger partial charge is 0.341 e. The average molecular weight is 229 g/mol. The number of carboxylic acid groups (broad SMARTS) is 1. The summed E-state index contributed by atoms with van der Waals surface area (Å²) >= 11 is 0. The van der Waals surface area contributed by atoms with Crippen molar-refractivity contribution in [3.05, 3.63) is 45.7 Å². The molecular formula is C13H11NO3. The van der Waals surface area contributed by atoms with Crippen molar-refractivity contribution in [1.29, 1.82) is 0 Å². The molecule has 1 fully saturated rings. The summed E-state index contributed by atoms with van der Waals surface area (Å²) in [6, 6.07) is 7.24. The molecule has 1 aliphatic rings. The number of aromatic carboxylic acids is 1. The predicted molar refractivity (Wildman–Crippen MR) is 63.5 cm³/mol. The largest absolute Gasteiger partial charge is 0.477 e. The molecule has 1 saturated carbocycles. The summed E-state index contributed by atoms with van der Waals surface area (Å²) in [5.74, 6) is -0.582. The van der Waals surface area contributed by atoms with Gasteiger partial charge in [-0.25, -0.2) is 4.79 Å². The second kappa shape index (κ2) is 3.45. The third-order valence-corrected chi connectivity index (χ3v) is 3.15. The van der Waals surface area contributed by atoms with E-state index < -0.39 is 11.5 Å². The molecule has 86 valence electrons. The van der Waals surface area contributed by atoms with Crippen molar-refractivity contribution in [3.8, 4) is 0 Å². The molecule has 4 heteroatoms. The molecule has 17 heavy (non-hydrogen) atoms. The first-order chi connectivity index (χ1) is 8.15. The van der Waals surface area contributed by atoms with Crippen LogP contribution >= 0.6 is 0 Å². The Morgan fingerprint density at radius 1 is 1.29 bits per heavy atom. The SMILES string of the molecule is O=C(O)c1cc2ccc(C3CC3)cc2[nH]c1=O. The lowest BCUT2D eigenvalue weighted by Gasteiger charge is -2.03. The molecule has 1 heterocycles. The van der Waals surface area contributed by atoms with E-state index in [-0.39, 0.29) is 5.56 Å². The van der Waals surface area contributed by atoms with Crippen LogP contribution in [0.2, 0.25) is 0 Å². The number of pyridine rings is 1. The van der Waals surface area contributed by atoms with Crippen LogP contribution in [-0.2, 0) is 0 Å². The zero-order valence-corrected chi connectivity index (χ0v) is 9.06. The van der Waals surface area contributed by atoms with Crippen LogP contribution in [0.3, 0.4) is 0 Å². The monoisotopic (exact) mass is 229 g/mol. The maximum atomic E-state index is 11.5. The normalized spacial score (nSPS) is 15.1. The molecule has 0 atom stereocenters. The number of aromatic amines is 1. The Balaban J connectivity index is 2.21. The van der Waals surface area contributed by atoms with Gasteiger partial charge in [0.2, 0.25) is 0 Å². The van der Waals surface area contributed by atoms with E-state index >= 15 is 0 Å². The number of hydrogen-bond acceptors (Lipinski definition) is 2. The molecule has 2 aromatic rings. The van der Waals surface area contributed by atoms with E-state index in [0.717, 1.165) is 5.39 Å². The molecule has 1 aliphatic carbocycles. The zero-order chi connectivity index (χ0) is 12.0. The predicted octanol–water partition coefficient (Wildman–Crippen LogP) is 2.10. The topological polar surface area (TPSA) is 70.2 Å². The van der Waals surface area contributed by atoms with E-state index in [1.54, 1.807) is 0 Å². The summed E-state index contributed by atoms with van der Waals surface area (Å²) in [4.78, 5) is 25.0. The minimum atomic E-state index is -1.19. The zero-order valence-electron chi connectivity index (χ0n) is 9.06. The number of H-pyrrole nitrogens is 1. The van der Waals surface area contributed by atoms with Crippen LogP contribution in [-0.4, -0.2) is 16.1 Å². The molecule has 0 radical (unpaired) electrons. The highest BCUT2D eigenvalue weighted by molar-refractivity contribution is 5.92. The van der Waals surface area contributed by atoms with Crippen molar-refractivity contribution in [1.82, 2.24) is 4.98 Å². The quantitative estimate of drug-likeness (QED) is 0.828. The van der Waals surface area contributed by atoms with E-state index in [9.17, 15) is 9.59 Å². The third kappa shape index (κ3) is 1.71. The Morgan fingerprint density at radius 3 is 2.71 bits per heavy atom. The van der Waals surface area contributed by atoms with Gasteiger partial charge in [-0.3, -0.25) is 4.79 Å². The van der Waals surface area contributed by atoms with E-state index in [1.807, 2.05) is 18.2 Å². The van der Waals surface area contributed by atoms with Gasteiger partial charge in [0.1, 0.15) is 5.56 Å². The molecule has 2 N–H and O–H groups in total. The Morgan fingerprint density at radius 2 is 2.06 bits per heavy atom. The fourth-order valence-electron chi connectivity index (χ4n) is 2.05. The van der Waals surface area contributed by atoms with Crippen molar-refractivity contribution in [3.63, 3.8) is 0 Å². The lowest BCUT2D eigenvalue weighted by molar-refractivity contribution is 0.0695. The van der Waals surface area contributed by atoms with Crippen LogP contribution in [0.1, 0.15) is 34.7 Å². The minimum absolute atomic E-state index is 0.211. The van der Waals surface area contributed by atoms with Gasteiger partial charge < -0.3 is 10.1 Å². The van der Waals surface area contributed by atoms with Crippen molar-refractivity contribution in [2.45, 2.75) is 18.8 Å². The van der Waals surface area contributed by atoms with Gasteiger partial charge in [0.05, 0.1) is 0 Å².